The van der Waals surface area contributed by atoms with Gasteiger partial charge in [0.2, 0.25) is 0 Å². The first kappa shape index (κ1) is 11.5. The first-order chi connectivity index (χ1) is 7.72. The Morgan fingerprint density at radius 1 is 1.50 bits per heavy atom. The fourth-order valence-electron chi connectivity index (χ4n) is 2.14. The summed E-state index contributed by atoms with van der Waals surface area (Å²) in [6.45, 7) is 7.54. The summed E-state index contributed by atoms with van der Waals surface area (Å²) in [7, 11) is 1.02. The second-order valence-electron chi connectivity index (χ2n) is 4.64. The molecule has 0 amide bonds. The summed E-state index contributed by atoms with van der Waals surface area (Å²) < 4.78 is 0. The van der Waals surface area contributed by atoms with Crippen LogP contribution in [0.1, 0.15) is 37.3 Å². The van der Waals surface area contributed by atoms with Gasteiger partial charge in [-0.05, 0) is 42.8 Å². The Hall–Kier alpha value is -0.955. The summed E-state index contributed by atoms with van der Waals surface area (Å²) in [6.07, 6.45) is 2.32. The van der Waals surface area contributed by atoms with Crippen molar-refractivity contribution in [2.45, 2.75) is 39.4 Å². The molecule has 0 radical (unpaired) electrons. The molecule has 1 unspecified atom stereocenters. The minimum absolute atomic E-state index is 0.646. The molecule has 0 bridgehead atoms. The topological polar surface area (TPSA) is 12.5 Å². The summed E-state index contributed by atoms with van der Waals surface area (Å²) >= 11 is 0. The van der Waals surface area contributed by atoms with Crippen molar-refractivity contribution in [3.63, 3.8) is 0 Å². The van der Waals surface area contributed by atoms with Crippen molar-refractivity contribution in [2.24, 2.45) is 0 Å². The van der Waals surface area contributed by atoms with E-state index in [4.69, 9.17) is 4.84 Å². The van der Waals surface area contributed by atoms with E-state index in [1.165, 1.54) is 23.2 Å². The summed E-state index contributed by atoms with van der Waals surface area (Å²) in [6, 6.07) is 6.73. The number of rotatable bonds is 3. The number of aryl methyl sites for hydroxylation is 1. The van der Waals surface area contributed by atoms with Crippen LogP contribution in [-0.4, -0.2) is 14.0 Å². The number of anilines is 1. The third kappa shape index (κ3) is 2.24. The maximum Gasteiger partial charge on any atom is 0.275 e. The van der Waals surface area contributed by atoms with Crippen molar-refractivity contribution < 1.29 is 4.84 Å². The van der Waals surface area contributed by atoms with Gasteiger partial charge in [0, 0.05) is 0 Å². The maximum atomic E-state index is 5.58. The molecule has 1 aromatic rings. The smallest absolute Gasteiger partial charge is 0.275 e. The van der Waals surface area contributed by atoms with Gasteiger partial charge in [-0.15, -0.1) is 0 Å². The van der Waals surface area contributed by atoms with E-state index in [9.17, 15) is 0 Å². The predicted molar refractivity (Wildman–Crippen MR) is 70.3 cm³/mol. The van der Waals surface area contributed by atoms with Gasteiger partial charge in [0.1, 0.15) is 0 Å². The van der Waals surface area contributed by atoms with Crippen LogP contribution >= 0.6 is 0 Å². The average Bonchev–Trinajstić information content (AvgIpc) is 2.81. The normalized spacial score (nSPS) is 17.3. The van der Waals surface area contributed by atoms with Crippen molar-refractivity contribution in [1.29, 1.82) is 0 Å². The summed E-state index contributed by atoms with van der Waals surface area (Å²) in [5.74, 6) is 0.646. The van der Waals surface area contributed by atoms with E-state index in [0.717, 1.165) is 20.3 Å². The van der Waals surface area contributed by atoms with Gasteiger partial charge in [0.15, 0.2) is 0 Å². The van der Waals surface area contributed by atoms with E-state index < -0.39 is 0 Å². The third-order valence-electron chi connectivity index (χ3n) is 3.42. The summed E-state index contributed by atoms with van der Waals surface area (Å²) in [5.41, 5.74) is 3.98. The number of benzene rings is 1. The van der Waals surface area contributed by atoms with Crippen molar-refractivity contribution in [3.05, 3.63) is 29.3 Å². The zero-order valence-corrected chi connectivity index (χ0v) is 10.5. The highest BCUT2D eigenvalue weighted by molar-refractivity contribution is 6.41. The molecule has 2 rings (SSSR count). The van der Waals surface area contributed by atoms with Crippen LogP contribution < -0.4 is 4.97 Å². The van der Waals surface area contributed by atoms with Gasteiger partial charge in [-0.25, -0.2) is 0 Å². The Bertz CT molecular complexity index is 361. The van der Waals surface area contributed by atoms with Crippen molar-refractivity contribution in [1.82, 2.24) is 0 Å². The molecule has 0 aromatic heterocycles. The Labute approximate surface area is 98.8 Å². The van der Waals surface area contributed by atoms with Gasteiger partial charge in [-0.1, -0.05) is 26.0 Å². The van der Waals surface area contributed by atoms with Crippen molar-refractivity contribution in [3.8, 4) is 0 Å². The van der Waals surface area contributed by atoms with Crippen LogP contribution in [0.4, 0.5) is 5.69 Å². The molecule has 3 heteroatoms. The van der Waals surface area contributed by atoms with E-state index in [1.807, 2.05) is 4.97 Å². The van der Waals surface area contributed by atoms with Gasteiger partial charge < -0.3 is 4.97 Å². The Morgan fingerprint density at radius 3 is 2.88 bits per heavy atom. The van der Waals surface area contributed by atoms with Gasteiger partial charge in [-0.2, -0.15) is 0 Å². The maximum absolute atomic E-state index is 5.58. The average molecular weight is 217 g/mol. The first-order valence-electron chi connectivity index (χ1n) is 6.23. The monoisotopic (exact) mass is 217 g/mol. The Balaban J connectivity index is 2.22. The molecular formula is C13H20BNO. The standard InChI is InChI=1S/C13H20BNO/c1-4-10(2)12-5-6-13(11(3)9-12)15-14-7-8-16-15/h5-6,9-10,14H,4,7-8H2,1-3H3. The Kier molecular flexibility index (Phi) is 3.54. The van der Waals surface area contributed by atoms with Crippen LogP contribution in [0.15, 0.2) is 18.2 Å². The molecule has 1 aromatic carbocycles. The summed E-state index contributed by atoms with van der Waals surface area (Å²) in [5, 5.41) is 0. The fourth-order valence-corrected chi connectivity index (χ4v) is 2.14. The molecule has 0 N–H and O–H groups in total. The lowest BCUT2D eigenvalue weighted by molar-refractivity contribution is 0.185. The number of nitrogens with zero attached hydrogens (tertiary/aromatic N) is 1. The lowest BCUT2D eigenvalue weighted by Crippen LogP contribution is -2.20. The number of hydrogen-bond donors (Lipinski definition) is 0. The molecular weight excluding hydrogens is 197 g/mol. The molecule has 0 spiro atoms. The first-order valence-corrected chi connectivity index (χ1v) is 6.23. The van der Waals surface area contributed by atoms with E-state index in [-0.39, 0.29) is 0 Å². The zero-order chi connectivity index (χ0) is 11.5. The number of hydrogen-bond acceptors (Lipinski definition) is 2. The molecule has 1 aliphatic heterocycles. The van der Waals surface area contributed by atoms with Crippen LogP contribution in [0, 0.1) is 6.92 Å². The molecule has 86 valence electrons. The fraction of sp³-hybridized carbons (Fsp3) is 0.538. The van der Waals surface area contributed by atoms with Gasteiger partial charge in [-0.3, -0.25) is 4.84 Å². The SMILES string of the molecule is CCC(C)c1ccc(N2BCCO2)c(C)c1. The lowest BCUT2D eigenvalue weighted by atomic mass is 9.89. The van der Waals surface area contributed by atoms with Gasteiger partial charge in [0.25, 0.3) is 7.41 Å². The van der Waals surface area contributed by atoms with E-state index >= 15 is 0 Å². The van der Waals surface area contributed by atoms with Crippen molar-refractivity contribution >= 4 is 13.1 Å². The second kappa shape index (κ2) is 4.92. The molecule has 2 nitrogen and oxygen atoms in total. The summed E-state index contributed by atoms with van der Waals surface area (Å²) in [4.78, 5) is 7.60. The molecule has 1 atom stereocenters. The highest BCUT2D eigenvalue weighted by atomic mass is 16.7. The van der Waals surface area contributed by atoms with Crippen LogP contribution in [0.5, 0.6) is 0 Å². The van der Waals surface area contributed by atoms with Gasteiger partial charge in [0.05, 0.1) is 12.3 Å². The molecule has 0 aliphatic carbocycles. The predicted octanol–water partition coefficient (Wildman–Crippen LogP) is 3.03. The minimum atomic E-state index is 0.646. The van der Waals surface area contributed by atoms with Gasteiger partial charge >= 0.3 is 0 Å². The van der Waals surface area contributed by atoms with Crippen LogP contribution in [-0.2, 0) is 4.84 Å². The molecule has 0 saturated carbocycles. The van der Waals surface area contributed by atoms with E-state index in [2.05, 4.69) is 39.0 Å². The Morgan fingerprint density at radius 2 is 2.31 bits per heavy atom. The largest absolute Gasteiger partial charge is 0.305 e. The van der Waals surface area contributed by atoms with Crippen LogP contribution in [0.25, 0.3) is 0 Å². The highest BCUT2D eigenvalue weighted by Crippen LogP contribution is 2.27. The van der Waals surface area contributed by atoms with E-state index in [0.29, 0.717) is 5.92 Å². The minimum Gasteiger partial charge on any atom is -0.305 e. The molecule has 16 heavy (non-hydrogen) atoms. The molecule has 1 saturated heterocycles. The molecule has 1 heterocycles. The van der Waals surface area contributed by atoms with Crippen molar-refractivity contribution in [2.75, 3.05) is 11.6 Å². The van der Waals surface area contributed by atoms with Crippen LogP contribution in [0.3, 0.4) is 0 Å². The third-order valence-corrected chi connectivity index (χ3v) is 3.42. The quantitative estimate of drug-likeness (QED) is 0.721. The zero-order valence-electron chi connectivity index (χ0n) is 10.5. The lowest BCUT2D eigenvalue weighted by Gasteiger charge is -2.20. The molecule has 1 aliphatic rings. The molecule has 1 fully saturated rings. The highest BCUT2D eigenvalue weighted by Gasteiger charge is 2.17. The van der Waals surface area contributed by atoms with E-state index in [1.54, 1.807) is 0 Å². The van der Waals surface area contributed by atoms with Crippen LogP contribution in [0.2, 0.25) is 6.32 Å². The second-order valence-corrected chi connectivity index (χ2v) is 4.64.